The van der Waals surface area contributed by atoms with Crippen LogP contribution in [0.15, 0.2) is 66.8 Å². The lowest BCUT2D eigenvalue weighted by molar-refractivity contribution is -0.139. The number of amides is 1. The SMILES string of the molecule is CCCOc1cccc([C@@H]2C(=C(O)c3ccc4c(c3)OCCO4)C(=O)C(=O)N2CCCn2ccnc2)c1. The molecule has 37 heavy (non-hydrogen) atoms. The second-order valence-corrected chi connectivity index (χ2v) is 8.93. The number of rotatable bonds is 9. The van der Waals surface area contributed by atoms with Crippen LogP contribution in [0, 0.1) is 0 Å². The van der Waals surface area contributed by atoms with E-state index in [2.05, 4.69) is 4.98 Å². The number of ether oxygens (including phenoxy) is 3. The van der Waals surface area contributed by atoms with Gasteiger partial charge in [-0.15, -0.1) is 0 Å². The van der Waals surface area contributed by atoms with Crippen LogP contribution >= 0.6 is 0 Å². The van der Waals surface area contributed by atoms with Crippen LogP contribution in [0.2, 0.25) is 0 Å². The number of carbonyl (C=O) groups excluding carboxylic acids is 2. The maximum absolute atomic E-state index is 13.3. The quantitative estimate of drug-likeness (QED) is 0.268. The third-order valence-electron chi connectivity index (χ3n) is 6.38. The fourth-order valence-corrected chi connectivity index (χ4v) is 4.64. The maximum atomic E-state index is 13.3. The number of aliphatic hydroxyl groups is 1. The second kappa shape index (κ2) is 10.8. The third kappa shape index (κ3) is 5.02. The van der Waals surface area contributed by atoms with E-state index in [-0.39, 0.29) is 11.3 Å². The number of hydrogen-bond donors (Lipinski definition) is 1. The lowest BCUT2D eigenvalue weighted by Crippen LogP contribution is -2.31. The van der Waals surface area contributed by atoms with E-state index in [9.17, 15) is 14.7 Å². The van der Waals surface area contributed by atoms with E-state index < -0.39 is 17.7 Å². The largest absolute Gasteiger partial charge is 0.507 e. The summed E-state index contributed by atoms with van der Waals surface area (Å²) < 4.78 is 19.0. The van der Waals surface area contributed by atoms with Gasteiger partial charge in [0.1, 0.15) is 24.7 Å². The number of Topliss-reactive ketones (excluding diaryl/α,β-unsaturated/α-hetero) is 1. The minimum Gasteiger partial charge on any atom is -0.507 e. The number of hydrogen-bond acceptors (Lipinski definition) is 7. The zero-order valence-corrected chi connectivity index (χ0v) is 20.6. The van der Waals surface area contributed by atoms with E-state index in [1.54, 1.807) is 30.7 Å². The van der Waals surface area contributed by atoms with Gasteiger partial charge in [-0.05, 0) is 48.7 Å². The Balaban J connectivity index is 1.53. The van der Waals surface area contributed by atoms with Crippen molar-refractivity contribution in [3.63, 3.8) is 0 Å². The summed E-state index contributed by atoms with van der Waals surface area (Å²) >= 11 is 0. The van der Waals surface area contributed by atoms with Gasteiger partial charge in [-0.1, -0.05) is 19.1 Å². The summed E-state index contributed by atoms with van der Waals surface area (Å²) in [6.07, 6.45) is 6.71. The molecule has 1 amide bonds. The normalized spacial score (nSPS) is 18.3. The molecule has 9 heteroatoms. The summed E-state index contributed by atoms with van der Waals surface area (Å²) in [6.45, 7) is 4.36. The Morgan fingerprint density at radius 2 is 1.95 bits per heavy atom. The molecule has 0 aliphatic carbocycles. The number of aromatic nitrogens is 2. The molecular formula is C28H29N3O6. The number of benzene rings is 2. The fraction of sp³-hybridized carbons (Fsp3) is 0.321. The van der Waals surface area contributed by atoms with Gasteiger partial charge in [0, 0.05) is 31.0 Å². The summed E-state index contributed by atoms with van der Waals surface area (Å²) in [5.74, 6) is 0.0750. The summed E-state index contributed by atoms with van der Waals surface area (Å²) in [6, 6.07) is 11.6. The average Bonchev–Trinajstić information content (AvgIpc) is 3.54. The molecule has 3 heterocycles. The van der Waals surface area contributed by atoms with E-state index >= 15 is 0 Å². The van der Waals surface area contributed by atoms with Gasteiger partial charge in [0.2, 0.25) is 0 Å². The Bertz CT molecular complexity index is 1320. The maximum Gasteiger partial charge on any atom is 0.295 e. The van der Waals surface area contributed by atoms with Crippen LogP contribution in [0.25, 0.3) is 5.76 Å². The van der Waals surface area contributed by atoms with Gasteiger partial charge >= 0.3 is 0 Å². The van der Waals surface area contributed by atoms with Crippen LogP contribution < -0.4 is 14.2 Å². The first kappa shape index (κ1) is 24.4. The average molecular weight is 504 g/mol. The lowest BCUT2D eigenvalue weighted by Gasteiger charge is -2.26. The van der Waals surface area contributed by atoms with Crippen molar-refractivity contribution < 1.29 is 28.9 Å². The Morgan fingerprint density at radius 3 is 2.73 bits per heavy atom. The van der Waals surface area contributed by atoms with Gasteiger partial charge in [-0.25, -0.2) is 4.98 Å². The molecule has 5 rings (SSSR count). The van der Waals surface area contributed by atoms with Crippen LogP contribution in [0.5, 0.6) is 17.2 Å². The van der Waals surface area contributed by atoms with Crippen LogP contribution in [-0.4, -0.2) is 57.6 Å². The molecule has 0 radical (unpaired) electrons. The number of likely N-dealkylation sites (tertiary alicyclic amines) is 1. The van der Waals surface area contributed by atoms with E-state index in [0.29, 0.717) is 67.7 Å². The molecule has 3 aromatic rings. The Kier molecular flexibility index (Phi) is 7.11. The van der Waals surface area contributed by atoms with Crippen LogP contribution in [0.1, 0.15) is 36.9 Å². The van der Waals surface area contributed by atoms with Gasteiger partial charge in [0.15, 0.2) is 11.5 Å². The standard InChI is InChI=1S/C28H29N3O6/c1-2-13-35-21-6-3-5-19(16-21)25-24(26(32)20-7-8-22-23(17-20)37-15-14-36-22)27(33)28(34)31(25)11-4-10-30-12-9-29-18-30/h3,5-9,12,16-18,25,32H,2,4,10-11,13-15H2,1H3/t25-/m1/s1. The van der Waals surface area contributed by atoms with Crippen LogP contribution in [-0.2, 0) is 16.1 Å². The molecule has 1 N–H and O–H groups in total. The van der Waals surface area contributed by atoms with E-state index in [0.717, 1.165) is 6.42 Å². The van der Waals surface area contributed by atoms with Gasteiger partial charge in [-0.3, -0.25) is 9.59 Å². The zero-order valence-electron chi connectivity index (χ0n) is 20.6. The molecular weight excluding hydrogens is 474 g/mol. The first-order chi connectivity index (χ1) is 18.1. The first-order valence-electron chi connectivity index (χ1n) is 12.4. The summed E-state index contributed by atoms with van der Waals surface area (Å²) in [4.78, 5) is 32.2. The van der Waals surface area contributed by atoms with Crippen molar-refractivity contribution in [1.82, 2.24) is 14.5 Å². The molecule has 0 bridgehead atoms. The Labute approximate surface area is 214 Å². The van der Waals surface area contributed by atoms with Gasteiger partial charge in [0.05, 0.1) is 24.5 Å². The summed E-state index contributed by atoms with van der Waals surface area (Å²) in [5, 5.41) is 11.4. The minimum absolute atomic E-state index is 0.0388. The second-order valence-electron chi connectivity index (χ2n) is 8.93. The van der Waals surface area contributed by atoms with Crippen molar-refractivity contribution in [2.75, 3.05) is 26.4 Å². The number of fused-ring (bicyclic) bond motifs is 1. The molecule has 1 atom stereocenters. The van der Waals surface area contributed by atoms with Crippen molar-refractivity contribution in [3.05, 3.63) is 77.9 Å². The zero-order chi connectivity index (χ0) is 25.8. The van der Waals surface area contributed by atoms with Gasteiger partial charge in [-0.2, -0.15) is 0 Å². The lowest BCUT2D eigenvalue weighted by atomic mass is 9.95. The summed E-state index contributed by atoms with van der Waals surface area (Å²) in [5.41, 5.74) is 1.11. The molecule has 2 aliphatic heterocycles. The Hall–Kier alpha value is -4.27. The highest BCUT2D eigenvalue weighted by Gasteiger charge is 2.46. The highest BCUT2D eigenvalue weighted by atomic mass is 16.6. The molecule has 2 aromatic carbocycles. The molecule has 0 saturated carbocycles. The fourth-order valence-electron chi connectivity index (χ4n) is 4.64. The third-order valence-corrected chi connectivity index (χ3v) is 6.38. The van der Waals surface area contributed by atoms with Crippen LogP contribution in [0.4, 0.5) is 0 Å². The van der Waals surface area contributed by atoms with Crippen molar-refractivity contribution in [2.24, 2.45) is 0 Å². The number of carbonyl (C=O) groups is 2. The first-order valence-corrected chi connectivity index (χ1v) is 12.4. The van der Waals surface area contributed by atoms with Crippen molar-refractivity contribution >= 4 is 17.4 Å². The van der Waals surface area contributed by atoms with Crippen molar-refractivity contribution in [2.45, 2.75) is 32.4 Å². The van der Waals surface area contributed by atoms with Crippen LogP contribution in [0.3, 0.4) is 0 Å². The highest BCUT2D eigenvalue weighted by molar-refractivity contribution is 6.46. The van der Waals surface area contributed by atoms with E-state index in [4.69, 9.17) is 14.2 Å². The highest BCUT2D eigenvalue weighted by Crippen LogP contribution is 2.41. The predicted octanol–water partition coefficient (Wildman–Crippen LogP) is 3.96. The number of imidazole rings is 1. The minimum atomic E-state index is -0.763. The van der Waals surface area contributed by atoms with E-state index in [1.807, 2.05) is 42.0 Å². The molecule has 192 valence electrons. The molecule has 1 fully saturated rings. The van der Waals surface area contributed by atoms with Crippen molar-refractivity contribution in [3.8, 4) is 17.2 Å². The molecule has 1 aromatic heterocycles. The molecule has 2 aliphatic rings. The molecule has 9 nitrogen and oxygen atoms in total. The number of nitrogens with zero attached hydrogens (tertiary/aromatic N) is 3. The smallest absolute Gasteiger partial charge is 0.295 e. The van der Waals surface area contributed by atoms with Gasteiger partial charge in [0.25, 0.3) is 11.7 Å². The predicted molar refractivity (Wildman–Crippen MR) is 136 cm³/mol. The molecule has 0 spiro atoms. The Morgan fingerprint density at radius 1 is 1.11 bits per heavy atom. The molecule has 0 unspecified atom stereocenters. The van der Waals surface area contributed by atoms with Crippen molar-refractivity contribution in [1.29, 1.82) is 0 Å². The topological polar surface area (TPSA) is 103 Å². The summed E-state index contributed by atoms with van der Waals surface area (Å²) in [7, 11) is 0. The number of aryl methyl sites for hydroxylation is 1. The monoisotopic (exact) mass is 503 g/mol. The van der Waals surface area contributed by atoms with Gasteiger partial charge < -0.3 is 28.8 Å². The number of ketones is 1. The number of aliphatic hydroxyl groups excluding tert-OH is 1. The molecule has 1 saturated heterocycles. The van der Waals surface area contributed by atoms with E-state index in [1.165, 1.54) is 4.90 Å².